The van der Waals surface area contributed by atoms with Gasteiger partial charge in [-0.2, -0.15) is 0 Å². The molecule has 1 heterocycles. The molecule has 1 aliphatic heterocycles. The Morgan fingerprint density at radius 1 is 1.24 bits per heavy atom. The zero-order valence-corrected chi connectivity index (χ0v) is 12.0. The van der Waals surface area contributed by atoms with E-state index in [1.54, 1.807) is 4.31 Å². The van der Waals surface area contributed by atoms with Crippen molar-refractivity contribution in [2.45, 2.75) is 51.7 Å². The molecular weight excluding hydrogens is 234 g/mol. The lowest BCUT2D eigenvalue weighted by atomic mass is 9.78. The van der Waals surface area contributed by atoms with Crippen LogP contribution in [0.1, 0.15) is 46.5 Å². The van der Waals surface area contributed by atoms with Gasteiger partial charge in [0.1, 0.15) is 0 Å². The number of rotatable bonds is 5. The molecule has 1 saturated carbocycles. The molecule has 2 fully saturated rings. The zero-order chi connectivity index (χ0) is 12.6. The highest BCUT2D eigenvalue weighted by molar-refractivity contribution is 7.89. The molecular formula is C13H25NO2S. The molecule has 0 aromatic rings. The highest BCUT2D eigenvalue weighted by Crippen LogP contribution is 2.37. The van der Waals surface area contributed by atoms with Crippen molar-refractivity contribution >= 4 is 10.0 Å². The van der Waals surface area contributed by atoms with Crippen molar-refractivity contribution in [3.05, 3.63) is 0 Å². The van der Waals surface area contributed by atoms with E-state index in [9.17, 15) is 8.42 Å². The zero-order valence-electron chi connectivity index (χ0n) is 11.2. The molecule has 0 spiro atoms. The summed E-state index contributed by atoms with van der Waals surface area (Å²) in [6.07, 6.45) is 4.01. The monoisotopic (exact) mass is 259 g/mol. The molecule has 0 amide bonds. The summed E-state index contributed by atoms with van der Waals surface area (Å²) in [6, 6.07) is 0. The van der Waals surface area contributed by atoms with E-state index in [1.807, 2.05) is 0 Å². The highest BCUT2D eigenvalue weighted by atomic mass is 32.2. The van der Waals surface area contributed by atoms with Gasteiger partial charge < -0.3 is 0 Å². The van der Waals surface area contributed by atoms with Crippen LogP contribution in [0.5, 0.6) is 0 Å². The van der Waals surface area contributed by atoms with Gasteiger partial charge in [0.25, 0.3) is 0 Å². The minimum atomic E-state index is -2.93. The van der Waals surface area contributed by atoms with E-state index in [2.05, 4.69) is 20.8 Å². The van der Waals surface area contributed by atoms with Gasteiger partial charge in [-0.1, -0.05) is 33.6 Å². The lowest BCUT2D eigenvalue weighted by Crippen LogP contribution is -2.56. The van der Waals surface area contributed by atoms with Gasteiger partial charge in [0.05, 0.1) is 5.25 Å². The average molecular weight is 259 g/mol. The molecule has 1 atom stereocenters. The Kier molecular flexibility index (Phi) is 3.83. The predicted octanol–water partition coefficient (Wildman–Crippen LogP) is 2.48. The van der Waals surface area contributed by atoms with Gasteiger partial charge in [0.2, 0.25) is 10.0 Å². The fourth-order valence-corrected chi connectivity index (χ4v) is 5.33. The fourth-order valence-electron chi connectivity index (χ4n) is 3.18. The maximum absolute atomic E-state index is 12.1. The summed E-state index contributed by atoms with van der Waals surface area (Å²) in [7, 11) is -2.93. The van der Waals surface area contributed by atoms with Gasteiger partial charge in [-0.15, -0.1) is 0 Å². The summed E-state index contributed by atoms with van der Waals surface area (Å²) in [5, 5.41) is -0.0532. The third kappa shape index (κ3) is 2.39. The van der Waals surface area contributed by atoms with E-state index in [1.165, 1.54) is 6.42 Å². The molecule has 1 unspecified atom stereocenters. The number of nitrogens with zero attached hydrogens (tertiary/aromatic N) is 1. The van der Waals surface area contributed by atoms with E-state index < -0.39 is 10.0 Å². The average Bonchev–Trinajstić information content (AvgIpc) is 2.04. The van der Waals surface area contributed by atoms with E-state index in [0.717, 1.165) is 32.4 Å². The molecule has 100 valence electrons. The molecule has 0 aromatic carbocycles. The van der Waals surface area contributed by atoms with Crippen molar-refractivity contribution in [1.29, 1.82) is 0 Å². The van der Waals surface area contributed by atoms with Crippen molar-refractivity contribution in [2.24, 2.45) is 17.8 Å². The molecule has 0 N–H and O–H groups in total. The van der Waals surface area contributed by atoms with Crippen LogP contribution in [0.3, 0.4) is 0 Å². The van der Waals surface area contributed by atoms with E-state index in [-0.39, 0.29) is 5.25 Å². The Morgan fingerprint density at radius 3 is 2.18 bits per heavy atom. The van der Waals surface area contributed by atoms with Crippen LogP contribution < -0.4 is 0 Å². The Labute approximate surface area is 106 Å². The van der Waals surface area contributed by atoms with Crippen LogP contribution in [0.4, 0.5) is 0 Å². The minimum Gasteiger partial charge on any atom is -0.212 e. The number of sulfonamides is 1. The first kappa shape index (κ1) is 13.3. The van der Waals surface area contributed by atoms with Crippen LogP contribution in [0.2, 0.25) is 0 Å². The minimum absolute atomic E-state index is 0.0532. The molecule has 0 radical (unpaired) electrons. The molecule has 4 heteroatoms. The van der Waals surface area contributed by atoms with Gasteiger partial charge in [-0.3, -0.25) is 0 Å². The van der Waals surface area contributed by atoms with Crippen LogP contribution in [0.15, 0.2) is 0 Å². The van der Waals surface area contributed by atoms with Crippen molar-refractivity contribution in [3.63, 3.8) is 0 Å². The maximum atomic E-state index is 12.1. The van der Waals surface area contributed by atoms with Crippen molar-refractivity contribution in [2.75, 3.05) is 13.1 Å². The topological polar surface area (TPSA) is 37.4 Å². The fraction of sp³-hybridized carbons (Fsp3) is 1.00. The predicted molar refractivity (Wildman–Crippen MR) is 70.2 cm³/mol. The molecule has 2 aliphatic rings. The Hall–Kier alpha value is -0.0900. The Morgan fingerprint density at radius 2 is 1.82 bits per heavy atom. The molecule has 0 aromatic heterocycles. The van der Waals surface area contributed by atoms with Gasteiger partial charge in [-0.25, -0.2) is 12.7 Å². The van der Waals surface area contributed by atoms with Gasteiger partial charge in [-0.05, 0) is 30.6 Å². The van der Waals surface area contributed by atoms with Gasteiger partial charge in [0, 0.05) is 13.1 Å². The third-order valence-electron chi connectivity index (χ3n) is 4.64. The summed E-state index contributed by atoms with van der Waals surface area (Å²) in [5.41, 5.74) is 0. The van der Waals surface area contributed by atoms with Gasteiger partial charge >= 0.3 is 0 Å². The van der Waals surface area contributed by atoms with Crippen molar-refractivity contribution in [3.8, 4) is 0 Å². The van der Waals surface area contributed by atoms with Crippen LogP contribution in [0, 0.1) is 17.8 Å². The maximum Gasteiger partial charge on any atom is 0.216 e. The van der Waals surface area contributed by atoms with Crippen LogP contribution in [0.25, 0.3) is 0 Å². The standard InChI is InChI=1S/C13H25NO2S/c1-4-13(10(2)3)11-8-14(9-11)17(15,16)12-6-5-7-12/h10-13H,4-9H2,1-3H3. The molecule has 1 saturated heterocycles. The van der Waals surface area contributed by atoms with E-state index in [0.29, 0.717) is 17.8 Å². The number of hydrogen-bond acceptors (Lipinski definition) is 2. The summed E-state index contributed by atoms with van der Waals surface area (Å²) >= 11 is 0. The van der Waals surface area contributed by atoms with Crippen LogP contribution >= 0.6 is 0 Å². The summed E-state index contributed by atoms with van der Waals surface area (Å²) < 4.78 is 26.0. The normalized spacial score (nSPS) is 25.6. The molecule has 2 rings (SSSR count). The lowest BCUT2D eigenvalue weighted by molar-refractivity contribution is 0.101. The molecule has 17 heavy (non-hydrogen) atoms. The first-order valence-corrected chi connectivity index (χ1v) is 8.46. The van der Waals surface area contributed by atoms with E-state index >= 15 is 0 Å². The largest absolute Gasteiger partial charge is 0.216 e. The number of hydrogen-bond donors (Lipinski definition) is 0. The smallest absolute Gasteiger partial charge is 0.212 e. The second kappa shape index (κ2) is 4.88. The lowest BCUT2D eigenvalue weighted by Gasteiger charge is -2.46. The first-order chi connectivity index (χ1) is 7.96. The molecule has 1 aliphatic carbocycles. The summed E-state index contributed by atoms with van der Waals surface area (Å²) in [5.74, 6) is 1.94. The van der Waals surface area contributed by atoms with Gasteiger partial charge in [0.15, 0.2) is 0 Å². The summed E-state index contributed by atoms with van der Waals surface area (Å²) in [4.78, 5) is 0. The molecule has 0 bridgehead atoms. The second-order valence-corrected chi connectivity index (χ2v) is 8.20. The van der Waals surface area contributed by atoms with Crippen molar-refractivity contribution < 1.29 is 8.42 Å². The highest BCUT2D eigenvalue weighted by Gasteiger charge is 2.44. The second-order valence-electron chi connectivity index (χ2n) is 5.99. The van der Waals surface area contributed by atoms with E-state index in [4.69, 9.17) is 0 Å². The third-order valence-corrected chi connectivity index (χ3v) is 6.97. The Bertz CT molecular complexity index is 354. The first-order valence-electron chi connectivity index (χ1n) is 6.95. The quantitative estimate of drug-likeness (QED) is 0.760. The Balaban J connectivity index is 1.89. The SMILES string of the molecule is CCC(C(C)C)C1CN(S(=O)(=O)C2CCC2)C1. The van der Waals surface area contributed by atoms with Crippen LogP contribution in [-0.4, -0.2) is 31.1 Å². The molecule has 3 nitrogen and oxygen atoms in total. The van der Waals surface area contributed by atoms with Crippen LogP contribution in [-0.2, 0) is 10.0 Å². The summed E-state index contributed by atoms with van der Waals surface area (Å²) in [6.45, 7) is 8.26. The van der Waals surface area contributed by atoms with Crippen molar-refractivity contribution in [1.82, 2.24) is 4.31 Å².